The number of anilines is 1. The topological polar surface area (TPSA) is 61.8 Å². The van der Waals surface area contributed by atoms with Crippen LogP contribution in [0.4, 0.5) is 5.82 Å². The molecular formula is C22H27N5O. The molecule has 0 atom stereocenters. The number of hydrogen-bond donors (Lipinski definition) is 2. The van der Waals surface area contributed by atoms with E-state index in [1.54, 1.807) is 14.2 Å². The van der Waals surface area contributed by atoms with Crippen LogP contribution in [0.1, 0.15) is 11.1 Å². The van der Waals surface area contributed by atoms with Gasteiger partial charge in [0.15, 0.2) is 5.96 Å². The van der Waals surface area contributed by atoms with Crippen molar-refractivity contribution < 1.29 is 4.74 Å². The van der Waals surface area contributed by atoms with E-state index in [1.165, 1.54) is 5.56 Å². The number of aliphatic imine (C=N–C) groups is 1. The number of ether oxygens (including phenoxy) is 1. The third-order valence-electron chi connectivity index (χ3n) is 4.51. The molecule has 0 saturated carbocycles. The van der Waals surface area contributed by atoms with Crippen LogP contribution < -0.4 is 20.3 Å². The van der Waals surface area contributed by atoms with Crippen LogP contribution in [0.25, 0.3) is 10.9 Å². The summed E-state index contributed by atoms with van der Waals surface area (Å²) in [6.45, 7) is 1.32. The Morgan fingerprint density at radius 1 is 1.04 bits per heavy atom. The molecule has 146 valence electrons. The number of aromatic nitrogens is 1. The molecule has 1 heterocycles. The Labute approximate surface area is 166 Å². The SMILES string of the molecule is CN=C(NCc1cccc(OC)c1)NCc1cc(N(C)C)nc2ccccc12. The summed E-state index contributed by atoms with van der Waals surface area (Å²) in [5.41, 5.74) is 3.30. The molecule has 3 aromatic rings. The highest BCUT2D eigenvalue weighted by molar-refractivity contribution is 5.85. The maximum Gasteiger partial charge on any atom is 0.191 e. The smallest absolute Gasteiger partial charge is 0.191 e. The second kappa shape index (κ2) is 9.08. The fourth-order valence-electron chi connectivity index (χ4n) is 2.98. The standard InChI is InChI=1S/C22H27N5O/c1-23-22(24-14-16-8-7-9-18(12-16)28-4)25-15-17-13-21(27(2)3)26-20-11-6-5-10-19(17)20/h5-13H,14-15H2,1-4H3,(H2,23,24,25). The van der Waals surface area contributed by atoms with Gasteiger partial charge in [0, 0.05) is 39.6 Å². The van der Waals surface area contributed by atoms with E-state index in [4.69, 9.17) is 9.72 Å². The number of fused-ring (bicyclic) bond motifs is 1. The normalized spacial score (nSPS) is 11.4. The summed E-state index contributed by atoms with van der Waals surface area (Å²) in [5, 5.41) is 7.90. The lowest BCUT2D eigenvalue weighted by Gasteiger charge is -2.17. The molecule has 0 amide bonds. The van der Waals surface area contributed by atoms with E-state index in [2.05, 4.69) is 33.8 Å². The Kier molecular flexibility index (Phi) is 6.32. The van der Waals surface area contributed by atoms with E-state index in [1.807, 2.05) is 55.4 Å². The second-order valence-corrected chi connectivity index (χ2v) is 6.68. The zero-order valence-electron chi connectivity index (χ0n) is 16.9. The molecule has 1 aromatic heterocycles. The Morgan fingerprint density at radius 3 is 2.57 bits per heavy atom. The Hall–Kier alpha value is -3.28. The average molecular weight is 377 g/mol. The van der Waals surface area contributed by atoms with Crippen LogP contribution in [0, 0.1) is 0 Å². The molecule has 0 spiro atoms. The fourth-order valence-corrected chi connectivity index (χ4v) is 2.98. The number of nitrogens with one attached hydrogen (secondary N) is 2. The van der Waals surface area contributed by atoms with Crippen LogP contribution in [0.5, 0.6) is 5.75 Å². The molecule has 0 bridgehead atoms. The summed E-state index contributed by atoms with van der Waals surface area (Å²) in [4.78, 5) is 11.1. The molecule has 0 fully saturated rings. The van der Waals surface area contributed by atoms with Gasteiger partial charge in [-0.2, -0.15) is 0 Å². The maximum atomic E-state index is 5.28. The summed E-state index contributed by atoms with van der Waals surface area (Å²) in [7, 11) is 7.46. The first kappa shape index (κ1) is 19.5. The molecule has 0 radical (unpaired) electrons. The predicted molar refractivity (Wildman–Crippen MR) is 116 cm³/mol. The maximum absolute atomic E-state index is 5.28. The van der Waals surface area contributed by atoms with Crippen molar-refractivity contribution in [2.24, 2.45) is 4.99 Å². The van der Waals surface area contributed by atoms with Crippen LogP contribution in [-0.2, 0) is 13.1 Å². The predicted octanol–water partition coefficient (Wildman–Crippen LogP) is 3.17. The van der Waals surface area contributed by atoms with E-state index in [9.17, 15) is 0 Å². The quantitative estimate of drug-likeness (QED) is 0.510. The van der Waals surface area contributed by atoms with Gasteiger partial charge in [-0.1, -0.05) is 30.3 Å². The van der Waals surface area contributed by atoms with Gasteiger partial charge >= 0.3 is 0 Å². The Bertz CT molecular complexity index is 968. The largest absolute Gasteiger partial charge is 0.497 e. The van der Waals surface area contributed by atoms with Crippen LogP contribution in [0.15, 0.2) is 59.6 Å². The summed E-state index contributed by atoms with van der Waals surface area (Å²) >= 11 is 0. The van der Waals surface area contributed by atoms with Gasteiger partial charge in [0.1, 0.15) is 11.6 Å². The van der Waals surface area contributed by atoms with E-state index < -0.39 is 0 Å². The first-order valence-corrected chi connectivity index (χ1v) is 9.24. The van der Waals surface area contributed by atoms with E-state index in [0.29, 0.717) is 13.1 Å². The number of methoxy groups -OCH3 is 1. The molecule has 0 unspecified atom stereocenters. The van der Waals surface area contributed by atoms with Gasteiger partial charge in [0.2, 0.25) is 0 Å². The number of hydrogen-bond acceptors (Lipinski definition) is 4. The molecule has 2 N–H and O–H groups in total. The summed E-state index contributed by atoms with van der Waals surface area (Å²) < 4.78 is 5.28. The molecular weight excluding hydrogens is 350 g/mol. The monoisotopic (exact) mass is 377 g/mol. The van der Waals surface area contributed by atoms with E-state index in [0.717, 1.165) is 34.0 Å². The Morgan fingerprint density at radius 2 is 1.82 bits per heavy atom. The van der Waals surface area contributed by atoms with Gasteiger partial charge in [-0.05, 0) is 35.4 Å². The molecule has 28 heavy (non-hydrogen) atoms. The van der Waals surface area contributed by atoms with Crippen molar-refractivity contribution in [3.05, 3.63) is 65.7 Å². The summed E-state index contributed by atoms with van der Waals surface area (Å²) in [6, 6.07) is 18.3. The highest BCUT2D eigenvalue weighted by Gasteiger charge is 2.08. The van der Waals surface area contributed by atoms with Crippen LogP contribution in [0.3, 0.4) is 0 Å². The first-order valence-electron chi connectivity index (χ1n) is 9.24. The van der Waals surface area contributed by atoms with Crippen molar-refractivity contribution in [1.29, 1.82) is 0 Å². The minimum absolute atomic E-state index is 0.654. The zero-order valence-corrected chi connectivity index (χ0v) is 16.9. The summed E-state index contributed by atoms with van der Waals surface area (Å²) in [5.74, 6) is 2.53. The van der Waals surface area contributed by atoms with Crippen LogP contribution in [-0.4, -0.2) is 39.2 Å². The highest BCUT2D eigenvalue weighted by atomic mass is 16.5. The minimum Gasteiger partial charge on any atom is -0.497 e. The van der Waals surface area contributed by atoms with Crippen molar-refractivity contribution in [2.75, 3.05) is 33.2 Å². The lowest BCUT2D eigenvalue weighted by Crippen LogP contribution is -2.36. The average Bonchev–Trinajstić information content (AvgIpc) is 2.73. The molecule has 0 aliphatic rings. The number of rotatable bonds is 6. The van der Waals surface area contributed by atoms with Gasteiger partial charge in [0.25, 0.3) is 0 Å². The third-order valence-corrected chi connectivity index (χ3v) is 4.51. The van der Waals surface area contributed by atoms with E-state index >= 15 is 0 Å². The van der Waals surface area contributed by atoms with Crippen molar-refractivity contribution in [2.45, 2.75) is 13.1 Å². The number of para-hydroxylation sites is 1. The summed E-state index contributed by atoms with van der Waals surface area (Å²) in [6.07, 6.45) is 0. The lowest BCUT2D eigenvalue weighted by atomic mass is 10.1. The Balaban J connectivity index is 1.71. The van der Waals surface area contributed by atoms with Gasteiger partial charge in [-0.3, -0.25) is 4.99 Å². The highest BCUT2D eigenvalue weighted by Crippen LogP contribution is 2.22. The van der Waals surface area contributed by atoms with Crippen molar-refractivity contribution >= 4 is 22.7 Å². The minimum atomic E-state index is 0.654. The van der Waals surface area contributed by atoms with Crippen molar-refractivity contribution in [3.8, 4) is 5.75 Å². The van der Waals surface area contributed by atoms with Crippen molar-refractivity contribution in [1.82, 2.24) is 15.6 Å². The molecule has 0 aliphatic carbocycles. The molecule has 2 aromatic carbocycles. The van der Waals surface area contributed by atoms with Gasteiger partial charge in [-0.25, -0.2) is 4.98 Å². The number of benzene rings is 2. The first-order chi connectivity index (χ1) is 13.6. The third kappa shape index (κ3) is 4.71. The van der Waals surface area contributed by atoms with Gasteiger partial charge in [-0.15, -0.1) is 0 Å². The molecule has 6 nitrogen and oxygen atoms in total. The zero-order chi connectivity index (χ0) is 19.9. The van der Waals surface area contributed by atoms with Gasteiger partial charge < -0.3 is 20.3 Å². The second-order valence-electron chi connectivity index (χ2n) is 6.68. The van der Waals surface area contributed by atoms with Crippen LogP contribution >= 0.6 is 0 Å². The van der Waals surface area contributed by atoms with E-state index in [-0.39, 0.29) is 0 Å². The number of guanidine groups is 1. The fraction of sp³-hybridized carbons (Fsp3) is 0.273. The molecule has 0 aliphatic heterocycles. The van der Waals surface area contributed by atoms with Crippen LogP contribution in [0.2, 0.25) is 0 Å². The van der Waals surface area contributed by atoms with Gasteiger partial charge in [0.05, 0.1) is 12.6 Å². The molecule has 3 rings (SSSR count). The number of nitrogens with zero attached hydrogens (tertiary/aromatic N) is 3. The van der Waals surface area contributed by atoms with Crippen molar-refractivity contribution in [3.63, 3.8) is 0 Å². The molecule has 6 heteroatoms. The number of pyridine rings is 1. The molecule has 0 saturated heterocycles. The lowest BCUT2D eigenvalue weighted by molar-refractivity contribution is 0.414.